The first kappa shape index (κ1) is 18.9. The van der Waals surface area contributed by atoms with Crippen LogP contribution in [0.2, 0.25) is 0 Å². The summed E-state index contributed by atoms with van der Waals surface area (Å²) >= 11 is 1.86. The number of hydrogen-bond acceptors (Lipinski definition) is 3. The number of nitrogens with one attached hydrogen (secondary N) is 2. The van der Waals surface area contributed by atoms with Crippen LogP contribution in [0, 0.1) is 0 Å². The van der Waals surface area contributed by atoms with E-state index in [-0.39, 0.29) is 0 Å². The number of aliphatic imine (C=N–C) groups is 1. The van der Waals surface area contributed by atoms with E-state index in [0.717, 1.165) is 51.6 Å². The van der Waals surface area contributed by atoms with E-state index in [1.165, 1.54) is 10.5 Å². The summed E-state index contributed by atoms with van der Waals surface area (Å²) in [6.45, 7) is 8.52. The van der Waals surface area contributed by atoms with Gasteiger partial charge in [0.2, 0.25) is 0 Å². The van der Waals surface area contributed by atoms with Crippen LogP contribution in [-0.4, -0.2) is 44.1 Å². The summed E-state index contributed by atoms with van der Waals surface area (Å²) in [5, 5.41) is 7.21. The highest BCUT2D eigenvalue weighted by Gasteiger charge is 2.06. The van der Waals surface area contributed by atoms with Crippen molar-refractivity contribution in [3.8, 4) is 0 Å². The molecule has 2 N–H and O–H groups in total. The van der Waals surface area contributed by atoms with Crippen molar-refractivity contribution in [1.29, 1.82) is 0 Å². The highest BCUT2D eigenvalue weighted by molar-refractivity contribution is 8.00. The molecular formula is C19H29N3OS. The fourth-order valence-corrected chi connectivity index (χ4v) is 3.39. The molecule has 2 rings (SSSR count). The first-order valence-corrected chi connectivity index (χ1v) is 9.65. The zero-order valence-electron chi connectivity index (χ0n) is 14.8. The summed E-state index contributed by atoms with van der Waals surface area (Å²) in [5.74, 6) is 0.908. The molecule has 1 heterocycles. The van der Waals surface area contributed by atoms with Crippen molar-refractivity contribution in [3.63, 3.8) is 0 Å². The molecular weight excluding hydrogens is 318 g/mol. The molecule has 1 atom stereocenters. The van der Waals surface area contributed by atoms with E-state index in [9.17, 15) is 0 Å². The van der Waals surface area contributed by atoms with Crippen LogP contribution in [-0.2, 0) is 4.74 Å². The van der Waals surface area contributed by atoms with Crippen LogP contribution < -0.4 is 10.6 Å². The van der Waals surface area contributed by atoms with Gasteiger partial charge in [-0.3, -0.25) is 4.99 Å². The van der Waals surface area contributed by atoms with Gasteiger partial charge in [0, 0.05) is 23.2 Å². The molecule has 0 saturated carbocycles. The van der Waals surface area contributed by atoms with Crippen LogP contribution in [0.15, 0.2) is 51.9 Å². The van der Waals surface area contributed by atoms with E-state index in [0.29, 0.717) is 5.25 Å². The molecule has 1 aromatic rings. The van der Waals surface area contributed by atoms with Crippen molar-refractivity contribution in [2.24, 2.45) is 4.99 Å². The van der Waals surface area contributed by atoms with Crippen molar-refractivity contribution in [3.05, 3.63) is 42.0 Å². The Morgan fingerprint density at radius 3 is 2.83 bits per heavy atom. The molecule has 1 unspecified atom stereocenters. The Kier molecular flexibility index (Phi) is 8.77. The topological polar surface area (TPSA) is 45.7 Å². The molecule has 0 bridgehead atoms. The lowest BCUT2D eigenvalue weighted by molar-refractivity contribution is 0.153. The molecule has 1 aliphatic heterocycles. The molecule has 0 radical (unpaired) electrons. The van der Waals surface area contributed by atoms with Gasteiger partial charge in [0.15, 0.2) is 5.96 Å². The number of rotatable bonds is 8. The zero-order valence-corrected chi connectivity index (χ0v) is 15.6. The first-order chi connectivity index (χ1) is 11.8. The molecule has 5 heteroatoms. The molecule has 132 valence electrons. The van der Waals surface area contributed by atoms with E-state index >= 15 is 0 Å². The van der Waals surface area contributed by atoms with Crippen LogP contribution in [0.4, 0.5) is 0 Å². The number of thioether (sulfide) groups is 1. The summed E-state index contributed by atoms with van der Waals surface area (Å²) in [6, 6.07) is 10.5. The van der Waals surface area contributed by atoms with Crippen molar-refractivity contribution >= 4 is 17.7 Å². The highest BCUT2D eigenvalue weighted by atomic mass is 32.2. The predicted molar refractivity (Wildman–Crippen MR) is 104 cm³/mol. The van der Waals surface area contributed by atoms with E-state index in [1.54, 1.807) is 0 Å². The van der Waals surface area contributed by atoms with Gasteiger partial charge in [-0.1, -0.05) is 36.8 Å². The Labute approximate surface area is 150 Å². The Balaban J connectivity index is 1.75. The quantitative estimate of drug-likeness (QED) is 0.327. The maximum atomic E-state index is 5.34. The molecule has 0 aromatic heterocycles. The van der Waals surface area contributed by atoms with Crippen molar-refractivity contribution in [2.45, 2.75) is 36.8 Å². The fraction of sp³-hybridized carbons (Fsp3) is 0.526. The normalized spacial score (nSPS) is 16.4. The summed E-state index contributed by atoms with van der Waals surface area (Å²) in [5.41, 5.74) is 1.48. The molecule has 0 fully saturated rings. The molecule has 0 aliphatic carbocycles. The Morgan fingerprint density at radius 2 is 2.12 bits per heavy atom. The van der Waals surface area contributed by atoms with Crippen LogP contribution in [0.3, 0.4) is 0 Å². The van der Waals surface area contributed by atoms with Gasteiger partial charge in [-0.25, -0.2) is 0 Å². The third kappa shape index (κ3) is 7.41. The van der Waals surface area contributed by atoms with Gasteiger partial charge < -0.3 is 15.4 Å². The van der Waals surface area contributed by atoms with Crippen molar-refractivity contribution in [2.75, 3.05) is 32.8 Å². The zero-order chi connectivity index (χ0) is 17.0. The molecule has 0 amide bonds. The summed E-state index contributed by atoms with van der Waals surface area (Å²) < 4.78 is 5.34. The second kappa shape index (κ2) is 11.2. The standard InChI is InChI=1S/C19H29N3OS/c1-3-20-19(21-12-9-17-10-13-23-14-11-17)22-15-16(2)24-18-7-5-4-6-8-18/h4-8,10,16H,3,9,11-15H2,1-2H3,(H2,20,21,22). The number of nitrogens with zero attached hydrogens (tertiary/aromatic N) is 1. The van der Waals surface area contributed by atoms with Crippen molar-refractivity contribution < 1.29 is 4.74 Å². The highest BCUT2D eigenvalue weighted by Crippen LogP contribution is 2.22. The minimum atomic E-state index is 0.445. The Hall–Kier alpha value is -1.46. The second-order valence-electron chi connectivity index (χ2n) is 5.83. The van der Waals surface area contributed by atoms with E-state index in [1.807, 2.05) is 17.8 Å². The van der Waals surface area contributed by atoms with E-state index in [2.05, 4.69) is 54.8 Å². The van der Waals surface area contributed by atoms with Crippen LogP contribution in [0.5, 0.6) is 0 Å². The van der Waals surface area contributed by atoms with Crippen LogP contribution in [0.25, 0.3) is 0 Å². The summed E-state index contributed by atoms with van der Waals surface area (Å²) in [6.07, 6.45) is 4.32. The summed E-state index contributed by atoms with van der Waals surface area (Å²) in [7, 11) is 0. The molecule has 1 aliphatic rings. The number of hydrogen-bond donors (Lipinski definition) is 2. The monoisotopic (exact) mass is 347 g/mol. The van der Waals surface area contributed by atoms with Gasteiger partial charge in [-0.05, 0) is 31.9 Å². The Bertz CT molecular complexity index is 531. The van der Waals surface area contributed by atoms with Gasteiger partial charge in [-0.15, -0.1) is 11.8 Å². The third-order valence-electron chi connectivity index (χ3n) is 3.73. The Morgan fingerprint density at radius 1 is 1.29 bits per heavy atom. The van der Waals surface area contributed by atoms with E-state index in [4.69, 9.17) is 9.73 Å². The van der Waals surface area contributed by atoms with E-state index < -0.39 is 0 Å². The lowest BCUT2D eigenvalue weighted by atomic mass is 10.1. The van der Waals surface area contributed by atoms with Crippen molar-refractivity contribution in [1.82, 2.24) is 10.6 Å². The number of benzene rings is 1. The lowest BCUT2D eigenvalue weighted by Gasteiger charge is -2.16. The van der Waals surface area contributed by atoms with Crippen LogP contribution in [0.1, 0.15) is 26.7 Å². The third-order valence-corrected chi connectivity index (χ3v) is 4.82. The molecule has 4 nitrogen and oxygen atoms in total. The fourth-order valence-electron chi connectivity index (χ4n) is 2.46. The summed E-state index contributed by atoms with van der Waals surface area (Å²) in [4.78, 5) is 6.02. The van der Waals surface area contributed by atoms with Gasteiger partial charge in [0.1, 0.15) is 0 Å². The minimum Gasteiger partial charge on any atom is -0.377 e. The second-order valence-corrected chi connectivity index (χ2v) is 7.34. The maximum Gasteiger partial charge on any atom is 0.191 e. The molecule has 24 heavy (non-hydrogen) atoms. The maximum absolute atomic E-state index is 5.34. The number of guanidine groups is 1. The van der Waals surface area contributed by atoms with Crippen LogP contribution >= 0.6 is 11.8 Å². The molecule has 1 aromatic carbocycles. The van der Waals surface area contributed by atoms with Gasteiger partial charge in [0.05, 0.1) is 19.8 Å². The van der Waals surface area contributed by atoms with Gasteiger partial charge in [0.25, 0.3) is 0 Å². The average Bonchev–Trinajstić information content (AvgIpc) is 2.61. The SMILES string of the molecule is CCNC(=NCC(C)Sc1ccccc1)NCCC1=CCOCC1. The minimum absolute atomic E-state index is 0.445. The van der Waals surface area contributed by atoms with Gasteiger partial charge in [-0.2, -0.15) is 0 Å². The number of ether oxygens (including phenoxy) is 1. The predicted octanol–water partition coefficient (Wildman–Crippen LogP) is 3.46. The first-order valence-electron chi connectivity index (χ1n) is 8.77. The molecule has 0 saturated heterocycles. The van der Waals surface area contributed by atoms with Gasteiger partial charge >= 0.3 is 0 Å². The smallest absolute Gasteiger partial charge is 0.191 e. The average molecular weight is 348 g/mol. The largest absolute Gasteiger partial charge is 0.377 e. The lowest BCUT2D eigenvalue weighted by Crippen LogP contribution is -2.38. The molecule has 0 spiro atoms.